The van der Waals surface area contributed by atoms with Crippen molar-refractivity contribution < 1.29 is 14.3 Å². The minimum atomic E-state index is -0.579. The molecule has 0 bridgehead atoms. The van der Waals surface area contributed by atoms with E-state index in [1.165, 1.54) is 12.3 Å². The highest BCUT2D eigenvalue weighted by molar-refractivity contribution is 6.31. The van der Waals surface area contributed by atoms with Crippen LogP contribution in [0.15, 0.2) is 60.9 Å². The number of hydrogen-bond acceptors (Lipinski definition) is 4. The van der Waals surface area contributed by atoms with Crippen molar-refractivity contribution in [1.29, 1.82) is 0 Å². The van der Waals surface area contributed by atoms with E-state index in [-0.39, 0.29) is 12.4 Å². The van der Waals surface area contributed by atoms with E-state index in [9.17, 15) is 9.59 Å². The molecule has 2 aromatic carbocycles. The summed E-state index contributed by atoms with van der Waals surface area (Å²) in [6.07, 6.45) is 3.11. The van der Waals surface area contributed by atoms with Gasteiger partial charge in [0, 0.05) is 28.4 Å². The van der Waals surface area contributed by atoms with Gasteiger partial charge in [-0.2, -0.15) is 0 Å². The summed E-state index contributed by atoms with van der Waals surface area (Å²) in [5.74, 6) is -0.890. The first-order chi connectivity index (χ1) is 11.1. The van der Waals surface area contributed by atoms with E-state index in [1.54, 1.807) is 24.4 Å². The van der Waals surface area contributed by atoms with Gasteiger partial charge in [0.05, 0.1) is 5.56 Å². The Labute approximate surface area is 137 Å². The van der Waals surface area contributed by atoms with Crippen LogP contribution in [0.1, 0.15) is 20.7 Å². The molecule has 0 fully saturated rings. The fourth-order valence-electron chi connectivity index (χ4n) is 2.23. The molecule has 0 aliphatic carbocycles. The molecule has 0 amide bonds. The second-order valence-corrected chi connectivity index (χ2v) is 5.35. The summed E-state index contributed by atoms with van der Waals surface area (Å²) in [4.78, 5) is 28.3. The first-order valence-electron chi connectivity index (χ1n) is 6.94. The number of Topliss-reactive ketones (excluding diaryl/α,β-unsaturated/α-hetero) is 1. The maximum Gasteiger partial charge on any atom is 0.340 e. The van der Waals surface area contributed by atoms with Crippen molar-refractivity contribution in [2.24, 2.45) is 0 Å². The molecule has 0 saturated heterocycles. The van der Waals surface area contributed by atoms with Crippen LogP contribution in [0.4, 0.5) is 0 Å². The van der Waals surface area contributed by atoms with E-state index < -0.39 is 5.97 Å². The van der Waals surface area contributed by atoms with Crippen molar-refractivity contribution in [1.82, 2.24) is 4.98 Å². The molecule has 1 aromatic heterocycles. The lowest BCUT2D eigenvalue weighted by Gasteiger charge is -2.07. The molecule has 0 unspecified atom stereocenters. The third-order valence-electron chi connectivity index (χ3n) is 3.37. The van der Waals surface area contributed by atoms with Crippen molar-refractivity contribution in [3.05, 3.63) is 77.1 Å². The molecule has 23 heavy (non-hydrogen) atoms. The first kappa shape index (κ1) is 15.2. The van der Waals surface area contributed by atoms with Crippen LogP contribution in [0.5, 0.6) is 0 Å². The predicted octanol–water partition coefficient (Wildman–Crippen LogP) is 3.93. The largest absolute Gasteiger partial charge is 0.454 e. The van der Waals surface area contributed by atoms with E-state index in [1.807, 2.05) is 24.3 Å². The highest BCUT2D eigenvalue weighted by Crippen LogP contribution is 2.18. The number of pyridine rings is 1. The summed E-state index contributed by atoms with van der Waals surface area (Å²) in [5.41, 5.74) is 0.739. The highest BCUT2D eigenvalue weighted by atomic mass is 35.5. The minimum Gasteiger partial charge on any atom is -0.454 e. The molecule has 1 heterocycles. The van der Waals surface area contributed by atoms with Crippen molar-refractivity contribution in [2.75, 3.05) is 6.61 Å². The molecule has 0 saturated carbocycles. The molecule has 0 aliphatic rings. The highest BCUT2D eigenvalue weighted by Gasteiger charge is 2.14. The Kier molecular flexibility index (Phi) is 4.35. The predicted molar refractivity (Wildman–Crippen MR) is 87.8 cm³/mol. The molecule has 0 spiro atoms. The molecule has 3 aromatic rings. The lowest BCUT2D eigenvalue weighted by molar-refractivity contribution is 0.0476. The van der Waals surface area contributed by atoms with Crippen molar-refractivity contribution in [2.45, 2.75) is 0 Å². The average molecular weight is 326 g/mol. The van der Waals surface area contributed by atoms with E-state index >= 15 is 0 Å². The molecule has 5 heteroatoms. The van der Waals surface area contributed by atoms with Gasteiger partial charge >= 0.3 is 5.97 Å². The van der Waals surface area contributed by atoms with Gasteiger partial charge in [-0.15, -0.1) is 0 Å². The first-order valence-corrected chi connectivity index (χ1v) is 7.31. The molecule has 114 valence electrons. The van der Waals surface area contributed by atoms with E-state index in [4.69, 9.17) is 16.3 Å². The van der Waals surface area contributed by atoms with E-state index in [0.29, 0.717) is 16.1 Å². The summed E-state index contributed by atoms with van der Waals surface area (Å²) in [6.45, 7) is -0.345. The van der Waals surface area contributed by atoms with Crippen molar-refractivity contribution in [3.8, 4) is 0 Å². The standard InChI is InChI=1S/C18H12ClNO3/c19-14-6-3-5-12(8-14)17(21)11-23-18(22)16-10-20-9-13-4-1-2-7-15(13)16/h1-10H,11H2. The van der Waals surface area contributed by atoms with Crippen LogP contribution in [0.2, 0.25) is 5.02 Å². The second kappa shape index (κ2) is 6.58. The van der Waals surface area contributed by atoms with Crippen LogP contribution in [-0.4, -0.2) is 23.3 Å². The number of benzene rings is 2. The Balaban J connectivity index is 1.75. The van der Waals surface area contributed by atoms with Gasteiger partial charge < -0.3 is 4.74 Å². The number of esters is 1. The monoisotopic (exact) mass is 325 g/mol. The number of rotatable bonds is 4. The topological polar surface area (TPSA) is 56.3 Å². The number of halogens is 1. The number of nitrogens with zero attached hydrogens (tertiary/aromatic N) is 1. The van der Waals surface area contributed by atoms with Gasteiger partial charge in [0.15, 0.2) is 12.4 Å². The van der Waals surface area contributed by atoms with E-state index in [2.05, 4.69) is 4.98 Å². The Hall–Kier alpha value is -2.72. The van der Waals surface area contributed by atoms with Crippen LogP contribution in [0, 0.1) is 0 Å². The molecule has 0 atom stereocenters. The molecule has 0 N–H and O–H groups in total. The number of fused-ring (bicyclic) bond motifs is 1. The molecule has 0 radical (unpaired) electrons. The number of carbonyl (C=O) groups excluding carboxylic acids is 2. The summed E-state index contributed by atoms with van der Waals surface area (Å²) in [6, 6.07) is 13.9. The zero-order valence-corrected chi connectivity index (χ0v) is 12.8. The van der Waals surface area contributed by atoms with Crippen molar-refractivity contribution >= 4 is 34.1 Å². The third-order valence-corrected chi connectivity index (χ3v) is 3.60. The number of ketones is 1. The zero-order chi connectivity index (χ0) is 16.2. The van der Waals surface area contributed by atoms with Crippen LogP contribution in [0.25, 0.3) is 10.8 Å². The quantitative estimate of drug-likeness (QED) is 0.539. The van der Waals surface area contributed by atoms with E-state index in [0.717, 1.165) is 10.8 Å². The number of hydrogen-bond donors (Lipinski definition) is 0. The fraction of sp³-hybridized carbons (Fsp3) is 0.0556. The Morgan fingerprint density at radius 3 is 2.70 bits per heavy atom. The van der Waals surface area contributed by atoms with Crippen LogP contribution < -0.4 is 0 Å². The number of carbonyl (C=O) groups is 2. The van der Waals surface area contributed by atoms with Crippen LogP contribution >= 0.6 is 11.6 Å². The molecule has 4 nitrogen and oxygen atoms in total. The summed E-state index contributed by atoms with van der Waals surface area (Å²) >= 11 is 5.84. The summed E-state index contributed by atoms with van der Waals surface area (Å²) < 4.78 is 5.12. The third kappa shape index (κ3) is 3.38. The minimum absolute atomic E-state index is 0.311. The fourth-order valence-corrected chi connectivity index (χ4v) is 2.42. The molecular weight excluding hydrogens is 314 g/mol. The molecule has 3 rings (SSSR count). The zero-order valence-electron chi connectivity index (χ0n) is 12.0. The van der Waals surface area contributed by atoms with Crippen LogP contribution in [0.3, 0.4) is 0 Å². The number of ether oxygens (including phenoxy) is 1. The number of aromatic nitrogens is 1. The summed E-state index contributed by atoms with van der Waals surface area (Å²) in [7, 11) is 0. The van der Waals surface area contributed by atoms with Crippen LogP contribution in [-0.2, 0) is 4.74 Å². The van der Waals surface area contributed by atoms with Gasteiger partial charge in [0.25, 0.3) is 0 Å². The van der Waals surface area contributed by atoms with Gasteiger partial charge in [0.1, 0.15) is 0 Å². The lowest BCUT2D eigenvalue weighted by atomic mass is 10.1. The summed E-state index contributed by atoms with van der Waals surface area (Å²) in [5, 5.41) is 2.03. The normalized spacial score (nSPS) is 10.5. The molecule has 0 aliphatic heterocycles. The van der Waals surface area contributed by atoms with Gasteiger partial charge in [-0.3, -0.25) is 9.78 Å². The smallest absolute Gasteiger partial charge is 0.340 e. The molecular formula is C18H12ClNO3. The van der Waals surface area contributed by atoms with Gasteiger partial charge in [-0.25, -0.2) is 4.79 Å². The second-order valence-electron chi connectivity index (χ2n) is 4.92. The Bertz CT molecular complexity index is 887. The Morgan fingerprint density at radius 2 is 1.87 bits per heavy atom. The average Bonchev–Trinajstić information content (AvgIpc) is 2.59. The Morgan fingerprint density at radius 1 is 1.04 bits per heavy atom. The maximum absolute atomic E-state index is 12.2. The van der Waals surface area contributed by atoms with Gasteiger partial charge in [-0.05, 0) is 17.5 Å². The van der Waals surface area contributed by atoms with Crippen molar-refractivity contribution in [3.63, 3.8) is 0 Å². The SMILES string of the molecule is O=C(COC(=O)c1cncc2ccccc12)c1cccc(Cl)c1. The van der Waals surface area contributed by atoms with Gasteiger partial charge in [0.2, 0.25) is 0 Å². The van der Waals surface area contributed by atoms with Gasteiger partial charge in [-0.1, -0.05) is 48.0 Å². The lowest BCUT2D eigenvalue weighted by Crippen LogP contribution is -2.14. The maximum atomic E-state index is 12.2.